The van der Waals surface area contributed by atoms with Gasteiger partial charge in [0.05, 0.1) is 17.7 Å². The van der Waals surface area contributed by atoms with Crippen molar-refractivity contribution in [3.8, 4) is 0 Å². The van der Waals surface area contributed by atoms with Gasteiger partial charge in [-0.3, -0.25) is 19.9 Å². The van der Waals surface area contributed by atoms with E-state index in [9.17, 15) is 9.59 Å². The number of hydrazine groups is 1. The number of hydrogen-bond acceptors (Lipinski definition) is 7. The molecule has 0 fully saturated rings. The summed E-state index contributed by atoms with van der Waals surface area (Å²) in [5.41, 5.74) is 3.17. The van der Waals surface area contributed by atoms with Gasteiger partial charge in [0.1, 0.15) is 5.01 Å². The summed E-state index contributed by atoms with van der Waals surface area (Å²) in [6.45, 7) is 0.0866. The summed E-state index contributed by atoms with van der Waals surface area (Å²) in [5, 5.41) is 8.60. The van der Waals surface area contributed by atoms with Crippen molar-refractivity contribution in [1.82, 2.24) is 15.1 Å². The number of anilines is 1. The predicted octanol–water partition coefficient (Wildman–Crippen LogP) is 1.38. The Labute approximate surface area is 125 Å². The number of rotatable bonds is 3. The maximum absolute atomic E-state index is 12.2. The lowest BCUT2D eigenvalue weighted by Gasteiger charge is -2.10. The molecule has 2 heterocycles. The van der Waals surface area contributed by atoms with Crippen molar-refractivity contribution in [1.29, 1.82) is 0 Å². The van der Waals surface area contributed by atoms with Crippen LogP contribution in [0.15, 0.2) is 22.7 Å². The predicted molar refractivity (Wildman–Crippen MR) is 76.1 cm³/mol. The van der Waals surface area contributed by atoms with Gasteiger partial charge in [0.2, 0.25) is 5.13 Å². The third kappa shape index (κ3) is 2.09. The quantitative estimate of drug-likeness (QED) is 0.491. The first-order chi connectivity index (χ1) is 9.60. The summed E-state index contributed by atoms with van der Waals surface area (Å²) < 4.78 is 0.754. The van der Waals surface area contributed by atoms with E-state index in [2.05, 4.69) is 31.6 Å². The van der Waals surface area contributed by atoms with E-state index in [1.807, 2.05) is 0 Å². The highest BCUT2D eigenvalue weighted by Crippen LogP contribution is 2.28. The fraction of sp³-hybridized carbons (Fsp3) is 0.0909. The Hall–Kier alpha value is -1.84. The zero-order valence-electron chi connectivity index (χ0n) is 9.96. The van der Waals surface area contributed by atoms with E-state index >= 15 is 0 Å². The normalized spacial score (nSPS) is 13.8. The highest BCUT2D eigenvalue weighted by Gasteiger charge is 2.36. The van der Waals surface area contributed by atoms with Gasteiger partial charge >= 0.3 is 0 Å². The lowest BCUT2D eigenvalue weighted by molar-refractivity contribution is 0.0642. The van der Waals surface area contributed by atoms with Gasteiger partial charge in [-0.05, 0) is 18.2 Å². The maximum atomic E-state index is 12.2. The second-order valence-electron chi connectivity index (χ2n) is 4.03. The van der Waals surface area contributed by atoms with E-state index in [4.69, 9.17) is 5.84 Å². The largest absolute Gasteiger partial charge is 0.298 e. The molecule has 1 aliphatic rings. The van der Waals surface area contributed by atoms with Gasteiger partial charge < -0.3 is 0 Å². The molecule has 0 bridgehead atoms. The SMILES string of the molecule is NNc1nnc(CN2C(=O)c3ccc(Br)cc3C2=O)s1. The molecule has 1 aromatic heterocycles. The number of carbonyl (C=O) groups excluding carboxylic acids is 2. The molecule has 0 atom stereocenters. The van der Waals surface area contributed by atoms with E-state index < -0.39 is 0 Å². The van der Waals surface area contributed by atoms with E-state index in [0.717, 1.165) is 9.37 Å². The van der Waals surface area contributed by atoms with E-state index in [1.54, 1.807) is 18.2 Å². The number of nitrogens with zero attached hydrogens (tertiary/aromatic N) is 3. The van der Waals surface area contributed by atoms with Gasteiger partial charge in [-0.25, -0.2) is 5.84 Å². The summed E-state index contributed by atoms with van der Waals surface area (Å²) >= 11 is 4.48. The molecule has 0 aliphatic carbocycles. The Morgan fingerprint density at radius 1 is 1.25 bits per heavy atom. The molecule has 1 aromatic carbocycles. The Bertz CT molecular complexity index is 717. The smallest absolute Gasteiger partial charge is 0.261 e. The number of aromatic nitrogens is 2. The fourth-order valence-electron chi connectivity index (χ4n) is 1.92. The number of amides is 2. The molecule has 7 nitrogen and oxygen atoms in total. The van der Waals surface area contributed by atoms with Crippen molar-refractivity contribution in [3.05, 3.63) is 38.8 Å². The summed E-state index contributed by atoms with van der Waals surface area (Å²) in [4.78, 5) is 25.6. The monoisotopic (exact) mass is 353 g/mol. The number of nitrogens with two attached hydrogens (primary N) is 1. The average Bonchev–Trinajstić information content (AvgIpc) is 2.98. The topological polar surface area (TPSA) is 101 Å². The van der Waals surface area contributed by atoms with Gasteiger partial charge in [0.15, 0.2) is 0 Å². The van der Waals surface area contributed by atoms with Crippen molar-refractivity contribution in [2.24, 2.45) is 5.84 Å². The van der Waals surface area contributed by atoms with Crippen molar-refractivity contribution in [3.63, 3.8) is 0 Å². The molecule has 1 aliphatic heterocycles. The van der Waals surface area contributed by atoms with Gasteiger partial charge in [-0.2, -0.15) is 0 Å². The van der Waals surface area contributed by atoms with Crippen molar-refractivity contribution < 1.29 is 9.59 Å². The summed E-state index contributed by atoms with van der Waals surface area (Å²) in [6, 6.07) is 5.00. The molecular weight excluding hydrogens is 346 g/mol. The van der Waals surface area contributed by atoms with E-state index in [0.29, 0.717) is 21.3 Å². The third-order valence-electron chi connectivity index (χ3n) is 2.82. The van der Waals surface area contributed by atoms with Crippen LogP contribution in [0, 0.1) is 0 Å². The van der Waals surface area contributed by atoms with Crippen LogP contribution in [-0.2, 0) is 6.54 Å². The highest BCUT2D eigenvalue weighted by atomic mass is 79.9. The van der Waals surface area contributed by atoms with Crippen LogP contribution in [0.3, 0.4) is 0 Å². The number of halogens is 1. The van der Waals surface area contributed by atoms with Crippen molar-refractivity contribution in [2.75, 3.05) is 5.43 Å². The zero-order chi connectivity index (χ0) is 14.3. The van der Waals surface area contributed by atoms with E-state index in [1.165, 1.54) is 11.3 Å². The number of imide groups is 1. The average molecular weight is 354 g/mol. The lowest BCUT2D eigenvalue weighted by atomic mass is 10.1. The second-order valence-corrected chi connectivity index (χ2v) is 6.01. The van der Waals surface area contributed by atoms with Crippen molar-refractivity contribution >= 4 is 44.2 Å². The molecule has 20 heavy (non-hydrogen) atoms. The highest BCUT2D eigenvalue weighted by molar-refractivity contribution is 9.10. The zero-order valence-corrected chi connectivity index (χ0v) is 12.4. The second kappa shape index (κ2) is 4.93. The van der Waals surface area contributed by atoms with Gasteiger partial charge in [0.25, 0.3) is 11.8 Å². The molecule has 2 amide bonds. The van der Waals surface area contributed by atoms with Crippen LogP contribution in [-0.4, -0.2) is 26.9 Å². The molecule has 0 saturated carbocycles. The first-order valence-electron chi connectivity index (χ1n) is 5.55. The number of carbonyl (C=O) groups is 2. The summed E-state index contributed by atoms with van der Waals surface area (Å²) in [7, 11) is 0. The number of benzene rings is 1. The number of nitrogen functional groups attached to an aromatic ring is 1. The number of nitrogens with one attached hydrogen (secondary N) is 1. The first-order valence-corrected chi connectivity index (χ1v) is 7.16. The Balaban J connectivity index is 1.89. The molecular formula is C11H8BrN5O2S. The van der Waals surface area contributed by atoms with Crippen LogP contribution in [0.1, 0.15) is 25.7 Å². The van der Waals surface area contributed by atoms with Gasteiger partial charge in [-0.1, -0.05) is 27.3 Å². The van der Waals surface area contributed by atoms with Gasteiger partial charge in [-0.15, -0.1) is 10.2 Å². The standard InChI is InChI=1S/C11H8BrN5O2S/c12-5-1-2-6-7(3-5)10(19)17(9(6)18)4-8-15-16-11(14-13)20-8/h1-3H,4,13H2,(H,14,16). The molecule has 3 rings (SSSR count). The number of fused-ring (bicyclic) bond motifs is 1. The van der Waals surface area contributed by atoms with Crippen LogP contribution < -0.4 is 11.3 Å². The van der Waals surface area contributed by atoms with Gasteiger partial charge in [0, 0.05) is 4.47 Å². The van der Waals surface area contributed by atoms with Crippen LogP contribution in [0.4, 0.5) is 5.13 Å². The van der Waals surface area contributed by atoms with Crippen molar-refractivity contribution in [2.45, 2.75) is 6.54 Å². The fourth-order valence-corrected chi connectivity index (χ4v) is 2.92. The molecule has 2 aromatic rings. The molecule has 102 valence electrons. The Morgan fingerprint density at radius 2 is 2.00 bits per heavy atom. The molecule has 9 heteroatoms. The maximum Gasteiger partial charge on any atom is 0.261 e. The number of hydrogen-bond donors (Lipinski definition) is 2. The van der Waals surface area contributed by atoms with Crippen LogP contribution in [0.25, 0.3) is 0 Å². The molecule has 3 N–H and O–H groups in total. The van der Waals surface area contributed by atoms with E-state index in [-0.39, 0.29) is 18.4 Å². The summed E-state index contributed by atoms with van der Waals surface area (Å²) in [6.07, 6.45) is 0. The van der Waals surface area contributed by atoms with Crippen LogP contribution in [0.2, 0.25) is 0 Å². The Morgan fingerprint density at radius 3 is 2.70 bits per heavy atom. The minimum atomic E-state index is -0.330. The third-order valence-corrected chi connectivity index (χ3v) is 4.15. The Kier molecular flexibility index (Phi) is 3.24. The molecule has 0 spiro atoms. The van der Waals surface area contributed by atoms with Crippen LogP contribution in [0.5, 0.6) is 0 Å². The first kappa shape index (κ1) is 13.2. The van der Waals surface area contributed by atoms with Crippen LogP contribution >= 0.6 is 27.3 Å². The molecule has 0 radical (unpaired) electrons. The lowest BCUT2D eigenvalue weighted by Crippen LogP contribution is -2.29. The minimum absolute atomic E-state index is 0.0866. The minimum Gasteiger partial charge on any atom is -0.298 e. The summed E-state index contributed by atoms with van der Waals surface area (Å²) in [5.74, 6) is 4.56. The molecule has 0 unspecified atom stereocenters. The molecule has 0 saturated heterocycles.